The lowest BCUT2D eigenvalue weighted by atomic mass is 10.3. The van der Waals surface area contributed by atoms with Gasteiger partial charge < -0.3 is 0 Å². The lowest BCUT2D eigenvalue weighted by Crippen LogP contribution is -2.14. The molecular formula is C12H9N3O2S. The molecule has 6 heteroatoms. The molecule has 2 aromatic heterocycles. The van der Waals surface area contributed by atoms with Gasteiger partial charge in [0, 0.05) is 24.0 Å². The average molecular weight is 259 g/mol. The monoisotopic (exact) mass is 259 g/mol. The summed E-state index contributed by atoms with van der Waals surface area (Å²) in [7, 11) is -3.73. The van der Waals surface area contributed by atoms with E-state index in [0.717, 1.165) is 5.39 Å². The van der Waals surface area contributed by atoms with Gasteiger partial charge in [-0.3, -0.25) is 0 Å². The third kappa shape index (κ3) is 1.58. The van der Waals surface area contributed by atoms with E-state index >= 15 is 0 Å². The van der Waals surface area contributed by atoms with E-state index in [-0.39, 0.29) is 5.16 Å². The topological polar surface area (TPSA) is 64.8 Å². The highest BCUT2D eigenvalue weighted by molar-refractivity contribution is 7.89. The van der Waals surface area contributed by atoms with Crippen molar-refractivity contribution in [2.24, 2.45) is 0 Å². The Morgan fingerprint density at radius 2 is 1.67 bits per heavy atom. The second kappa shape index (κ2) is 3.92. The van der Waals surface area contributed by atoms with Crippen molar-refractivity contribution in [2.75, 3.05) is 0 Å². The van der Waals surface area contributed by atoms with Gasteiger partial charge in [-0.05, 0) is 18.2 Å². The fourth-order valence-electron chi connectivity index (χ4n) is 1.77. The smallest absolute Gasteiger partial charge is 0.239 e. The zero-order valence-corrected chi connectivity index (χ0v) is 10.1. The zero-order valence-electron chi connectivity index (χ0n) is 9.26. The minimum atomic E-state index is -3.73. The SMILES string of the molecule is O=S(=O)(c1ncccn1)n1ccc2ccccc21. The van der Waals surface area contributed by atoms with Gasteiger partial charge in [0.2, 0.25) is 0 Å². The van der Waals surface area contributed by atoms with Gasteiger partial charge in [-0.25, -0.2) is 13.9 Å². The largest absolute Gasteiger partial charge is 0.303 e. The summed E-state index contributed by atoms with van der Waals surface area (Å²) in [5.41, 5.74) is 0.616. The molecule has 0 aliphatic rings. The van der Waals surface area contributed by atoms with E-state index in [1.807, 2.05) is 12.1 Å². The van der Waals surface area contributed by atoms with Crippen LogP contribution in [0.15, 0.2) is 60.1 Å². The number of benzene rings is 1. The van der Waals surface area contributed by atoms with Gasteiger partial charge in [0.1, 0.15) is 0 Å². The Balaban J connectivity index is 2.27. The molecule has 0 aliphatic carbocycles. The highest BCUT2D eigenvalue weighted by Crippen LogP contribution is 2.19. The number of aromatic nitrogens is 3. The molecule has 3 rings (SSSR count). The van der Waals surface area contributed by atoms with Gasteiger partial charge in [0.05, 0.1) is 5.52 Å². The third-order valence-electron chi connectivity index (χ3n) is 2.60. The number of hydrogen-bond donors (Lipinski definition) is 0. The van der Waals surface area contributed by atoms with Gasteiger partial charge in [-0.1, -0.05) is 18.2 Å². The van der Waals surface area contributed by atoms with Gasteiger partial charge in [0.25, 0.3) is 5.16 Å². The fraction of sp³-hybridized carbons (Fsp3) is 0. The Bertz CT molecular complexity index is 794. The Labute approximate surface area is 104 Å². The van der Waals surface area contributed by atoms with Crippen LogP contribution in [0.2, 0.25) is 0 Å². The Hall–Kier alpha value is -2.21. The lowest BCUT2D eigenvalue weighted by Gasteiger charge is -2.05. The molecule has 0 radical (unpaired) electrons. The van der Waals surface area contributed by atoms with Crippen LogP contribution in [0.5, 0.6) is 0 Å². The molecule has 1 aromatic carbocycles. The van der Waals surface area contributed by atoms with Crippen LogP contribution in [0.25, 0.3) is 10.9 Å². The summed E-state index contributed by atoms with van der Waals surface area (Å²) < 4.78 is 25.9. The molecule has 5 nitrogen and oxygen atoms in total. The lowest BCUT2D eigenvalue weighted by molar-refractivity contribution is 0.579. The van der Waals surface area contributed by atoms with Crippen LogP contribution >= 0.6 is 0 Å². The second-order valence-corrected chi connectivity index (χ2v) is 5.42. The molecule has 0 unspecified atom stereocenters. The highest BCUT2D eigenvalue weighted by Gasteiger charge is 2.21. The van der Waals surface area contributed by atoms with Crippen LogP contribution in [0.1, 0.15) is 0 Å². The Morgan fingerprint density at radius 3 is 2.44 bits per heavy atom. The maximum Gasteiger partial charge on any atom is 0.303 e. The van der Waals surface area contributed by atoms with E-state index in [4.69, 9.17) is 0 Å². The maximum absolute atomic E-state index is 12.3. The van der Waals surface area contributed by atoms with Crippen molar-refractivity contribution in [3.05, 3.63) is 55.0 Å². The van der Waals surface area contributed by atoms with Crippen LogP contribution in [-0.4, -0.2) is 22.4 Å². The number of fused-ring (bicyclic) bond motifs is 1. The number of nitrogens with zero attached hydrogens (tertiary/aromatic N) is 3. The predicted molar refractivity (Wildman–Crippen MR) is 66.6 cm³/mol. The van der Waals surface area contributed by atoms with Gasteiger partial charge in [0.15, 0.2) is 0 Å². The average Bonchev–Trinajstić information content (AvgIpc) is 2.84. The van der Waals surface area contributed by atoms with Crippen LogP contribution in [0, 0.1) is 0 Å². The molecule has 0 aliphatic heterocycles. The Morgan fingerprint density at radius 1 is 0.944 bits per heavy atom. The molecule has 90 valence electrons. The standard InChI is InChI=1S/C12H9N3O2S/c16-18(17,12-13-7-3-8-14-12)15-9-6-10-4-1-2-5-11(10)15/h1-9H. The summed E-state index contributed by atoms with van der Waals surface area (Å²) in [5, 5.41) is 0.656. The summed E-state index contributed by atoms with van der Waals surface area (Å²) in [5.74, 6) is 0. The molecule has 0 saturated heterocycles. The van der Waals surface area contributed by atoms with Gasteiger partial charge >= 0.3 is 10.0 Å². The van der Waals surface area contributed by atoms with E-state index in [1.54, 1.807) is 24.3 Å². The summed E-state index contributed by atoms with van der Waals surface area (Å²) in [4.78, 5) is 7.59. The van der Waals surface area contributed by atoms with Crippen LogP contribution < -0.4 is 0 Å². The number of para-hydroxylation sites is 1. The predicted octanol–water partition coefficient (Wildman–Crippen LogP) is 1.67. The third-order valence-corrected chi connectivity index (χ3v) is 4.10. The molecule has 0 N–H and O–H groups in total. The molecule has 0 spiro atoms. The molecule has 18 heavy (non-hydrogen) atoms. The molecule has 0 amide bonds. The first-order valence-electron chi connectivity index (χ1n) is 5.28. The summed E-state index contributed by atoms with van der Waals surface area (Å²) in [6.45, 7) is 0. The van der Waals surface area contributed by atoms with Gasteiger partial charge in [-0.15, -0.1) is 0 Å². The first kappa shape index (κ1) is 10.9. The normalized spacial score (nSPS) is 11.8. The van der Waals surface area contributed by atoms with Crippen molar-refractivity contribution in [1.82, 2.24) is 13.9 Å². The van der Waals surface area contributed by atoms with Crippen molar-refractivity contribution < 1.29 is 8.42 Å². The minimum absolute atomic E-state index is 0.202. The number of hydrogen-bond acceptors (Lipinski definition) is 4. The van der Waals surface area contributed by atoms with Crippen LogP contribution in [0.4, 0.5) is 0 Å². The van der Waals surface area contributed by atoms with Crippen molar-refractivity contribution >= 4 is 20.9 Å². The molecule has 2 heterocycles. The molecule has 0 fully saturated rings. The van der Waals surface area contributed by atoms with E-state index in [1.165, 1.54) is 22.6 Å². The van der Waals surface area contributed by atoms with E-state index in [9.17, 15) is 8.42 Å². The molecule has 0 bridgehead atoms. The van der Waals surface area contributed by atoms with Crippen molar-refractivity contribution in [3.63, 3.8) is 0 Å². The van der Waals surface area contributed by atoms with E-state index in [0.29, 0.717) is 5.52 Å². The fourth-order valence-corrected chi connectivity index (χ4v) is 2.98. The Kier molecular flexibility index (Phi) is 2.38. The van der Waals surface area contributed by atoms with Gasteiger partial charge in [-0.2, -0.15) is 8.42 Å². The van der Waals surface area contributed by atoms with Crippen LogP contribution in [0.3, 0.4) is 0 Å². The summed E-state index contributed by atoms with van der Waals surface area (Å²) in [6, 6.07) is 10.6. The molecule has 0 atom stereocenters. The summed E-state index contributed by atoms with van der Waals surface area (Å²) in [6.07, 6.45) is 4.33. The summed E-state index contributed by atoms with van der Waals surface area (Å²) >= 11 is 0. The van der Waals surface area contributed by atoms with Crippen molar-refractivity contribution in [2.45, 2.75) is 5.16 Å². The zero-order chi connectivity index (χ0) is 12.6. The van der Waals surface area contributed by atoms with Crippen molar-refractivity contribution in [3.8, 4) is 0 Å². The maximum atomic E-state index is 12.3. The number of rotatable bonds is 2. The minimum Gasteiger partial charge on any atom is -0.239 e. The van der Waals surface area contributed by atoms with E-state index in [2.05, 4.69) is 9.97 Å². The molecule has 3 aromatic rings. The molecular weight excluding hydrogens is 250 g/mol. The second-order valence-electron chi connectivity index (χ2n) is 3.71. The van der Waals surface area contributed by atoms with Crippen LogP contribution in [-0.2, 0) is 10.0 Å². The highest BCUT2D eigenvalue weighted by atomic mass is 32.2. The molecule has 0 saturated carbocycles. The van der Waals surface area contributed by atoms with E-state index < -0.39 is 10.0 Å². The first-order chi connectivity index (χ1) is 8.69. The van der Waals surface area contributed by atoms with Crippen molar-refractivity contribution in [1.29, 1.82) is 0 Å². The quantitative estimate of drug-likeness (QED) is 0.657. The first-order valence-corrected chi connectivity index (χ1v) is 6.72.